The minimum absolute atomic E-state index is 0.121. The molecule has 0 saturated heterocycles. The van der Waals surface area contributed by atoms with Gasteiger partial charge in [0, 0.05) is 22.8 Å². The third kappa shape index (κ3) is 3.00. The number of nitrogens with zero attached hydrogens (tertiary/aromatic N) is 2. The number of nitrogens with one attached hydrogen (secondary N) is 1. The second kappa shape index (κ2) is 5.88. The molecule has 1 N–H and O–H groups in total. The van der Waals surface area contributed by atoms with Crippen LogP contribution in [-0.4, -0.2) is 15.9 Å². The van der Waals surface area contributed by atoms with E-state index in [4.69, 9.17) is 4.42 Å². The summed E-state index contributed by atoms with van der Waals surface area (Å²) in [5.41, 5.74) is 1.50. The summed E-state index contributed by atoms with van der Waals surface area (Å²) in [4.78, 5) is 21.4. The number of carbonyl (C=O) groups excluding carboxylic acids is 1. The first-order valence-electron chi connectivity index (χ1n) is 6.42. The molecular weight excluding hydrogens is 286 g/mol. The number of hydrogen-bond donors (Lipinski definition) is 1. The molecule has 3 aromatic rings. The number of carbonyl (C=O) groups is 1. The molecule has 0 aliphatic rings. The topological polar surface area (TPSA) is 68.0 Å². The van der Waals surface area contributed by atoms with Crippen LogP contribution < -0.4 is 5.32 Å². The first-order valence-corrected chi connectivity index (χ1v) is 7.24. The summed E-state index contributed by atoms with van der Waals surface area (Å²) in [6.45, 7) is 2.38. The molecule has 0 fully saturated rings. The van der Waals surface area contributed by atoms with Gasteiger partial charge < -0.3 is 9.73 Å². The van der Waals surface area contributed by atoms with E-state index in [0.29, 0.717) is 12.1 Å². The van der Waals surface area contributed by atoms with Crippen molar-refractivity contribution < 1.29 is 9.21 Å². The molecule has 5 nitrogen and oxygen atoms in total. The quantitative estimate of drug-likeness (QED) is 0.804. The van der Waals surface area contributed by atoms with Crippen LogP contribution in [0.2, 0.25) is 0 Å². The smallest absolute Gasteiger partial charge is 0.251 e. The highest BCUT2D eigenvalue weighted by Gasteiger charge is 2.12. The van der Waals surface area contributed by atoms with Crippen molar-refractivity contribution in [1.29, 1.82) is 0 Å². The van der Waals surface area contributed by atoms with Crippen LogP contribution in [0.3, 0.4) is 0 Å². The maximum Gasteiger partial charge on any atom is 0.251 e. The Morgan fingerprint density at radius 1 is 1.33 bits per heavy atom. The molecular formula is C15H13N3O2S. The fraction of sp³-hybridized carbons (Fsp3) is 0.133. The van der Waals surface area contributed by atoms with E-state index in [0.717, 1.165) is 21.3 Å². The highest BCUT2D eigenvalue weighted by Crippen LogP contribution is 2.28. The van der Waals surface area contributed by atoms with Gasteiger partial charge in [-0.3, -0.25) is 9.78 Å². The minimum atomic E-state index is -0.121. The molecule has 21 heavy (non-hydrogen) atoms. The molecule has 0 aliphatic carbocycles. The maximum atomic E-state index is 12.0. The van der Waals surface area contributed by atoms with Gasteiger partial charge >= 0.3 is 0 Å². The fourth-order valence-electron chi connectivity index (χ4n) is 1.86. The van der Waals surface area contributed by atoms with Crippen molar-refractivity contribution in [1.82, 2.24) is 15.3 Å². The van der Waals surface area contributed by atoms with Gasteiger partial charge in [0.25, 0.3) is 5.91 Å². The van der Waals surface area contributed by atoms with Crippen molar-refractivity contribution in [2.75, 3.05) is 0 Å². The van der Waals surface area contributed by atoms with E-state index in [1.54, 1.807) is 30.8 Å². The van der Waals surface area contributed by atoms with Crippen LogP contribution in [0.1, 0.15) is 20.9 Å². The predicted molar refractivity (Wildman–Crippen MR) is 80.0 cm³/mol. The lowest BCUT2D eigenvalue weighted by Crippen LogP contribution is -2.22. The Labute approximate surface area is 125 Å². The molecule has 0 atom stereocenters. The molecule has 3 aromatic heterocycles. The van der Waals surface area contributed by atoms with E-state index in [-0.39, 0.29) is 5.91 Å². The molecule has 3 heterocycles. The summed E-state index contributed by atoms with van der Waals surface area (Å²) in [6, 6.07) is 7.07. The highest BCUT2D eigenvalue weighted by atomic mass is 32.1. The molecule has 0 aliphatic heterocycles. The van der Waals surface area contributed by atoms with Gasteiger partial charge in [-0.25, -0.2) is 4.98 Å². The van der Waals surface area contributed by atoms with Crippen LogP contribution in [0.5, 0.6) is 0 Å². The van der Waals surface area contributed by atoms with Crippen LogP contribution in [0.25, 0.3) is 10.8 Å². The Morgan fingerprint density at radius 3 is 2.86 bits per heavy atom. The van der Waals surface area contributed by atoms with Crippen molar-refractivity contribution >= 4 is 17.2 Å². The summed E-state index contributed by atoms with van der Waals surface area (Å²) >= 11 is 1.52. The summed E-state index contributed by atoms with van der Waals surface area (Å²) in [5.74, 6) is 0.625. The van der Waals surface area contributed by atoms with Crippen LogP contribution in [0.15, 0.2) is 47.3 Å². The van der Waals surface area contributed by atoms with Crippen molar-refractivity contribution in [3.63, 3.8) is 0 Å². The lowest BCUT2D eigenvalue weighted by Gasteiger charge is -2.03. The van der Waals surface area contributed by atoms with Crippen LogP contribution >= 0.6 is 11.3 Å². The third-order valence-electron chi connectivity index (χ3n) is 2.98. The Morgan fingerprint density at radius 2 is 2.14 bits per heavy atom. The number of amides is 1. The number of furan rings is 1. The van der Waals surface area contributed by atoms with Gasteiger partial charge in [-0.2, -0.15) is 0 Å². The summed E-state index contributed by atoms with van der Waals surface area (Å²) < 4.78 is 5.34. The van der Waals surface area contributed by atoms with Crippen LogP contribution in [-0.2, 0) is 6.54 Å². The number of hydrogen-bond acceptors (Lipinski definition) is 5. The zero-order chi connectivity index (χ0) is 14.7. The molecule has 3 rings (SSSR count). The summed E-state index contributed by atoms with van der Waals surface area (Å²) in [7, 11) is 0. The standard InChI is InChI=1S/C15H13N3O2S/c1-10-13(21-15(18-10)12-3-2-8-20-12)9-17-14(19)11-4-6-16-7-5-11/h2-8H,9H2,1H3,(H,17,19). The molecule has 1 amide bonds. The monoisotopic (exact) mass is 299 g/mol. The van der Waals surface area contributed by atoms with Gasteiger partial charge in [0.15, 0.2) is 10.8 Å². The summed E-state index contributed by atoms with van der Waals surface area (Å²) in [6.07, 6.45) is 4.82. The fourth-order valence-corrected chi connectivity index (χ4v) is 2.83. The number of thiazole rings is 1. The Balaban J connectivity index is 1.70. The molecule has 0 saturated carbocycles. The van der Waals surface area contributed by atoms with Gasteiger partial charge in [-0.05, 0) is 31.2 Å². The molecule has 6 heteroatoms. The maximum absolute atomic E-state index is 12.0. The minimum Gasteiger partial charge on any atom is -0.462 e. The lowest BCUT2D eigenvalue weighted by atomic mass is 10.2. The van der Waals surface area contributed by atoms with Gasteiger partial charge in [0.1, 0.15) is 0 Å². The Kier molecular flexibility index (Phi) is 3.79. The zero-order valence-corrected chi connectivity index (χ0v) is 12.2. The Bertz CT molecular complexity index is 736. The largest absolute Gasteiger partial charge is 0.462 e. The predicted octanol–water partition coefficient (Wildman–Crippen LogP) is 3.04. The van der Waals surface area contributed by atoms with E-state index in [9.17, 15) is 4.79 Å². The molecule has 0 spiro atoms. The highest BCUT2D eigenvalue weighted by molar-refractivity contribution is 7.15. The number of rotatable bonds is 4. The number of pyridine rings is 1. The molecule has 0 radical (unpaired) electrons. The van der Waals surface area contributed by atoms with Crippen molar-refractivity contribution in [3.8, 4) is 10.8 Å². The molecule has 106 valence electrons. The molecule has 0 unspecified atom stereocenters. The second-order valence-corrected chi connectivity index (χ2v) is 5.51. The lowest BCUT2D eigenvalue weighted by molar-refractivity contribution is 0.0951. The SMILES string of the molecule is Cc1nc(-c2ccco2)sc1CNC(=O)c1ccncc1. The van der Waals surface area contributed by atoms with Crippen LogP contribution in [0, 0.1) is 6.92 Å². The van der Waals surface area contributed by atoms with Crippen molar-refractivity contribution in [3.05, 3.63) is 59.1 Å². The first kappa shape index (κ1) is 13.5. The van der Waals surface area contributed by atoms with Gasteiger partial charge in [0.05, 0.1) is 18.5 Å². The van der Waals surface area contributed by atoms with Gasteiger partial charge in [0.2, 0.25) is 0 Å². The Hall–Kier alpha value is -2.47. The van der Waals surface area contributed by atoms with Crippen LogP contribution in [0.4, 0.5) is 0 Å². The average molecular weight is 299 g/mol. The molecule has 0 aromatic carbocycles. The van der Waals surface area contributed by atoms with Gasteiger partial charge in [-0.15, -0.1) is 11.3 Å². The van der Waals surface area contributed by atoms with E-state index in [1.165, 1.54) is 11.3 Å². The number of aryl methyl sites for hydroxylation is 1. The van der Waals surface area contributed by atoms with Crippen molar-refractivity contribution in [2.24, 2.45) is 0 Å². The average Bonchev–Trinajstić information content (AvgIpc) is 3.15. The van der Waals surface area contributed by atoms with E-state index in [1.807, 2.05) is 19.1 Å². The third-order valence-corrected chi connectivity index (χ3v) is 4.15. The molecule has 0 bridgehead atoms. The van der Waals surface area contributed by atoms with Gasteiger partial charge in [-0.1, -0.05) is 0 Å². The van der Waals surface area contributed by atoms with E-state index < -0.39 is 0 Å². The van der Waals surface area contributed by atoms with E-state index >= 15 is 0 Å². The number of aromatic nitrogens is 2. The van der Waals surface area contributed by atoms with E-state index in [2.05, 4.69) is 15.3 Å². The second-order valence-electron chi connectivity index (χ2n) is 4.42. The normalized spacial score (nSPS) is 10.5. The first-order chi connectivity index (χ1) is 10.2. The summed E-state index contributed by atoms with van der Waals surface area (Å²) in [5, 5.41) is 3.71. The zero-order valence-electron chi connectivity index (χ0n) is 11.4. The van der Waals surface area contributed by atoms with Crippen molar-refractivity contribution in [2.45, 2.75) is 13.5 Å².